The molecule has 0 saturated carbocycles. The minimum Gasteiger partial charge on any atom is -0.314 e. The molecule has 0 amide bonds. The molecular weight excluding hydrogens is 281 g/mol. The number of nitrogens with one attached hydrogen (secondary N) is 2. The highest BCUT2D eigenvalue weighted by Crippen LogP contribution is 2.18. The molecule has 0 radical (unpaired) electrons. The standard InChI is InChI=1S/C13H20FN3O2S/c1-11-12(14)3-2-4-13(11)16-20(18,19)10-9-17-7-5-15-6-8-17/h2-4,15-16H,5-10H2,1H3. The molecule has 0 aromatic heterocycles. The molecule has 1 aromatic rings. The number of rotatable bonds is 5. The maximum atomic E-state index is 13.4. The van der Waals surface area contributed by atoms with E-state index in [0.717, 1.165) is 26.2 Å². The molecule has 2 N–H and O–H groups in total. The Labute approximate surface area is 119 Å². The third-order valence-corrected chi connectivity index (χ3v) is 4.67. The average Bonchev–Trinajstić information content (AvgIpc) is 2.43. The van der Waals surface area contributed by atoms with Gasteiger partial charge in [0.05, 0.1) is 11.4 Å². The summed E-state index contributed by atoms with van der Waals surface area (Å²) in [6.45, 7) is 5.53. The molecule has 1 fully saturated rings. The van der Waals surface area contributed by atoms with Crippen molar-refractivity contribution in [3.8, 4) is 0 Å². The first kappa shape index (κ1) is 15.2. The van der Waals surface area contributed by atoms with Crippen molar-refractivity contribution in [2.45, 2.75) is 6.92 Å². The predicted octanol–water partition coefficient (Wildman–Crippen LogP) is 0.781. The van der Waals surface area contributed by atoms with Crippen molar-refractivity contribution >= 4 is 15.7 Å². The van der Waals surface area contributed by atoms with Crippen LogP contribution in [0.1, 0.15) is 5.56 Å². The summed E-state index contributed by atoms with van der Waals surface area (Å²) in [6, 6.07) is 4.38. The second kappa shape index (κ2) is 6.51. The number of sulfonamides is 1. The van der Waals surface area contributed by atoms with E-state index in [0.29, 0.717) is 17.8 Å². The van der Waals surface area contributed by atoms with E-state index in [2.05, 4.69) is 14.9 Å². The predicted molar refractivity (Wildman–Crippen MR) is 77.9 cm³/mol. The summed E-state index contributed by atoms with van der Waals surface area (Å²) in [6.07, 6.45) is 0. The van der Waals surface area contributed by atoms with Gasteiger partial charge in [-0.15, -0.1) is 0 Å². The Hall–Kier alpha value is -1.18. The monoisotopic (exact) mass is 301 g/mol. The van der Waals surface area contributed by atoms with E-state index in [1.54, 1.807) is 13.0 Å². The fourth-order valence-electron chi connectivity index (χ4n) is 2.12. The third kappa shape index (κ3) is 4.16. The molecule has 1 saturated heterocycles. The minimum absolute atomic E-state index is 0.0168. The SMILES string of the molecule is Cc1c(F)cccc1NS(=O)(=O)CCN1CCNCC1. The normalized spacial score (nSPS) is 17.1. The Morgan fingerprint density at radius 3 is 2.75 bits per heavy atom. The van der Waals surface area contributed by atoms with Crippen LogP contribution in [0.4, 0.5) is 10.1 Å². The quantitative estimate of drug-likeness (QED) is 0.844. The summed E-state index contributed by atoms with van der Waals surface area (Å²) >= 11 is 0. The largest absolute Gasteiger partial charge is 0.314 e. The van der Waals surface area contributed by atoms with Crippen LogP contribution >= 0.6 is 0 Å². The molecule has 7 heteroatoms. The van der Waals surface area contributed by atoms with Crippen LogP contribution in [-0.2, 0) is 10.0 Å². The summed E-state index contributed by atoms with van der Waals surface area (Å²) in [5.41, 5.74) is 0.628. The minimum atomic E-state index is -3.45. The van der Waals surface area contributed by atoms with Gasteiger partial charge in [0.25, 0.3) is 0 Å². The molecule has 0 bridgehead atoms. The molecule has 0 aliphatic carbocycles. The van der Waals surface area contributed by atoms with Gasteiger partial charge in [0, 0.05) is 38.3 Å². The topological polar surface area (TPSA) is 61.4 Å². The maximum absolute atomic E-state index is 13.4. The second-order valence-electron chi connectivity index (χ2n) is 4.92. The summed E-state index contributed by atoms with van der Waals surface area (Å²) in [7, 11) is -3.45. The molecule has 0 spiro atoms. The van der Waals surface area contributed by atoms with Crippen LogP contribution in [0.25, 0.3) is 0 Å². The van der Waals surface area contributed by atoms with E-state index in [9.17, 15) is 12.8 Å². The van der Waals surface area contributed by atoms with Crippen molar-refractivity contribution < 1.29 is 12.8 Å². The van der Waals surface area contributed by atoms with Gasteiger partial charge >= 0.3 is 0 Å². The van der Waals surface area contributed by atoms with Gasteiger partial charge in [0.2, 0.25) is 10.0 Å². The van der Waals surface area contributed by atoms with Crippen LogP contribution in [0.5, 0.6) is 0 Å². The van der Waals surface area contributed by atoms with E-state index >= 15 is 0 Å². The molecule has 0 unspecified atom stereocenters. The number of benzene rings is 1. The summed E-state index contributed by atoms with van der Waals surface area (Å²) in [5, 5.41) is 3.22. The summed E-state index contributed by atoms with van der Waals surface area (Å²) < 4.78 is 39.9. The molecule has 112 valence electrons. The number of halogens is 1. The molecule has 1 aromatic carbocycles. The molecule has 20 heavy (non-hydrogen) atoms. The van der Waals surface area contributed by atoms with Gasteiger partial charge in [0.1, 0.15) is 5.82 Å². The Balaban J connectivity index is 1.94. The van der Waals surface area contributed by atoms with Crippen LogP contribution in [0.2, 0.25) is 0 Å². The fourth-order valence-corrected chi connectivity index (χ4v) is 3.28. The summed E-state index contributed by atoms with van der Waals surface area (Å²) in [4.78, 5) is 2.11. The lowest BCUT2D eigenvalue weighted by atomic mass is 10.2. The maximum Gasteiger partial charge on any atom is 0.233 e. The molecule has 2 rings (SSSR count). The molecule has 1 aliphatic heterocycles. The van der Waals surface area contributed by atoms with Gasteiger partial charge in [-0.05, 0) is 19.1 Å². The average molecular weight is 301 g/mol. The van der Waals surface area contributed by atoms with E-state index in [4.69, 9.17) is 0 Å². The lowest BCUT2D eigenvalue weighted by Gasteiger charge is -2.27. The van der Waals surface area contributed by atoms with Gasteiger partial charge in [0.15, 0.2) is 0 Å². The Morgan fingerprint density at radius 2 is 2.05 bits per heavy atom. The van der Waals surface area contributed by atoms with E-state index in [-0.39, 0.29) is 5.75 Å². The summed E-state index contributed by atoms with van der Waals surface area (Å²) in [5.74, 6) is -0.393. The number of hydrogen-bond acceptors (Lipinski definition) is 4. The van der Waals surface area contributed by atoms with Crippen molar-refractivity contribution in [1.29, 1.82) is 0 Å². The fraction of sp³-hybridized carbons (Fsp3) is 0.538. The number of piperazine rings is 1. The highest BCUT2D eigenvalue weighted by Gasteiger charge is 2.16. The zero-order chi connectivity index (χ0) is 14.6. The van der Waals surface area contributed by atoms with E-state index < -0.39 is 15.8 Å². The van der Waals surface area contributed by atoms with Crippen molar-refractivity contribution in [3.05, 3.63) is 29.6 Å². The lowest BCUT2D eigenvalue weighted by molar-refractivity contribution is 0.254. The van der Waals surface area contributed by atoms with Crippen LogP contribution in [0.3, 0.4) is 0 Å². The number of nitrogens with zero attached hydrogens (tertiary/aromatic N) is 1. The van der Waals surface area contributed by atoms with Gasteiger partial charge in [-0.25, -0.2) is 12.8 Å². The first-order valence-electron chi connectivity index (χ1n) is 6.66. The number of hydrogen-bond donors (Lipinski definition) is 2. The van der Waals surface area contributed by atoms with Gasteiger partial charge in [-0.2, -0.15) is 0 Å². The first-order valence-corrected chi connectivity index (χ1v) is 8.32. The molecule has 5 nitrogen and oxygen atoms in total. The van der Waals surface area contributed by atoms with Crippen molar-refractivity contribution in [1.82, 2.24) is 10.2 Å². The zero-order valence-electron chi connectivity index (χ0n) is 11.5. The molecular formula is C13H20FN3O2S. The van der Waals surface area contributed by atoms with Crippen LogP contribution < -0.4 is 10.0 Å². The van der Waals surface area contributed by atoms with Gasteiger partial charge in [-0.1, -0.05) is 6.07 Å². The van der Waals surface area contributed by atoms with E-state index in [1.807, 2.05) is 0 Å². The van der Waals surface area contributed by atoms with Crippen molar-refractivity contribution in [2.24, 2.45) is 0 Å². The van der Waals surface area contributed by atoms with Gasteiger partial charge in [-0.3, -0.25) is 9.62 Å². The lowest BCUT2D eigenvalue weighted by Crippen LogP contribution is -2.45. The zero-order valence-corrected chi connectivity index (χ0v) is 12.3. The smallest absolute Gasteiger partial charge is 0.233 e. The Morgan fingerprint density at radius 1 is 1.35 bits per heavy atom. The van der Waals surface area contributed by atoms with E-state index in [1.165, 1.54) is 12.1 Å². The highest BCUT2D eigenvalue weighted by atomic mass is 32.2. The van der Waals surface area contributed by atoms with Crippen molar-refractivity contribution in [3.63, 3.8) is 0 Å². The molecule has 1 aliphatic rings. The van der Waals surface area contributed by atoms with Crippen molar-refractivity contribution in [2.75, 3.05) is 43.2 Å². The third-order valence-electron chi connectivity index (χ3n) is 3.42. The van der Waals surface area contributed by atoms with Crippen LogP contribution in [0, 0.1) is 12.7 Å². The van der Waals surface area contributed by atoms with Crippen LogP contribution in [0.15, 0.2) is 18.2 Å². The number of anilines is 1. The Kier molecular flexibility index (Phi) is 4.95. The second-order valence-corrected chi connectivity index (χ2v) is 6.77. The Bertz CT molecular complexity index is 557. The highest BCUT2D eigenvalue weighted by molar-refractivity contribution is 7.92. The first-order chi connectivity index (χ1) is 9.48. The van der Waals surface area contributed by atoms with Gasteiger partial charge < -0.3 is 5.32 Å². The van der Waals surface area contributed by atoms with Crippen LogP contribution in [-0.4, -0.2) is 51.8 Å². The molecule has 0 atom stereocenters. The molecule has 1 heterocycles.